The Kier molecular flexibility index (Phi) is 4.01. The molecule has 0 amide bonds. The number of benzene rings is 1. The number of anilines is 1. The lowest BCUT2D eigenvalue weighted by molar-refractivity contribution is -0.387. The Morgan fingerprint density at radius 3 is 2.65 bits per heavy atom. The first-order valence-electron chi connectivity index (χ1n) is 4.88. The first-order valence-corrected chi connectivity index (χ1v) is 7.97. The van der Waals surface area contributed by atoms with Crippen LogP contribution in [0.25, 0.3) is 0 Å². The van der Waals surface area contributed by atoms with Gasteiger partial charge in [0.1, 0.15) is 0 Å². The fourth-order valence-electron chi connectivity index (χ4n) is 1.28. The molecule has 0 saturated carbocycles. The number of hydrogen-bond acceptors (Lipinski definition) is 6. The molecule has 0 saturated heterocycles. The molecule has 1 N–H and O–H groups in total. The van der Waals surface area contributed by atoms with Gasteiger partial charge >= 0.3 is 5.69 Å². The van der Waals surface area contributed by atoms with E-state index >= 15 is 0 Å². The molecule has 0 unspecified atom stereocenters. The maximum Gasteiger partial charge on any atom is 0.304 e. The van der Waals surface area contributed by atoms with Crippen molar-refractivity contribution in [3.8, 4) is 0 Å². The van der Waals surface area contributed by atoms with E-state index in [1.807, 2.05) is 0 Å². The smallest absolute Gasteiger partial charge is 0.258 e. The number of nitrogens with zero attached hydrogens (tertiary/aromatic N) is 2. The SMILES string of the molecule is O=[N+]([O-])c1ccc(S(=O)(=O)Nc2ncc(Br)s2)cc1F. The van der Waals surface area contributed by atoms with Crippen LogP contribution in [0.5, 0.6) is 0 Å². The Balaban J connectivity index is 2.35. The minimum atomic E-state index is -4.05. The van der Waals surface area contributed by atoms with Crippen molar-refractivity contribution in [3.05, 3.63) is 44.1 Å². The molecule has 2 rings (SSSR count). The zero-order valence-corrected chi connectivity index (χ0v) is 12.6. The Morgan fingerprint density at radius 1 is 1.45 bits per heavy atom. The van der Waals surface area contributed by atoms with Gasteiger partial charge in [0.2, 0.25) is 5.82 Å². The van der Waals surface area contributed by atoms with E-state index in [0.717, 1.165) is 23.5 Å². The molecule has 0 fully saturated rings. The number of hydrogen-bond donors (Lipinski definition) is 1. The topological polar surface area (TPSA) is 102 Å². The number of nitro benzene ring substituents is 1. The molecule has 0 spiro atoms. The van der Waals surface area contributed by atoms with Crippen molar-refractivity contribution in [1.29, 1.82) is 0 Å². The molecule has 20 heavy (non-hydrogen) atoms. The minimum Gasteiger partial charge on any atom is -0.258 e. The number of nitro groups is 1. The summed E-state index contributed by atoms with van der Waals surface area (Å²) in [6, 6.07) is 2.33. The molecular formula is C9H5BrFN3O4S2. The molecule has 0 radical (unpaired) electrons. The van der Waals surface area contributed by atoms with Crippen LogP contribution in [-0.2, 0) is 10.0 Å². The van der Waals surface area contributed by atoms with Crippen molar-refractivity contribution in [2.75, 3.05) is 4.72 Å². The number of aromatic nitrogens is 1. The Morgan fingerprint density at radius 2 is 2.15 bits per heavy atom. The van der Waals surface area contributed by atoms with Gasteiger partial charge in [-0.1, -0.05) is 11.3 Å². The minimum absolute atomic E-state index is 0.0932. The molecule has 106 valence electrons. The van der Waals surface area contributed by atoms with Gasteiger partial charge in [0.05, 0.1) is 19.8 Å². The quantitative estimate of drug-likeness (QED) is 0.647. The van der Waals surface area contributed by atoms with Crippen LogP contribution in [-0.4, -0.2) is 18.3 Å². The second-order valence-corrected chi connectivity index (χ2v) is 7.54. The standard InChI is InChI=1S/C9H5BrFN3O4S2/c10-8-4-12-9(19-8)13-20(17,18)5-1-2-7(14(15)16)6(11)3-5/h1-4H,(H,12,13). The van der Waals surface area contributed by atoms with E-state index in [4.69, 9.17) is 0 Å². The van der Waals surface area contributed by atoms with Gasteiger partial charge in [-0.25, -0.2) is 13.4 Å². The van der Waals surface area contributed by atoms with Crippen molar-refractivity contribution in [1.82, 2.24) is 4.98 Å². The van der Waals surface area contributed by atoms with E-state index in [9.17, 15) is 22.9 Å². The predicted octanol–water partition coefficient (Wildman–Crippen LogP) is 2.75. The Hall–Kier alpha value is -1.59. The van der Waals surface area contributed by atoms with E-state index in [1.165, 1.54) is 6.20 Å². The molecule has 0 aliphatic rings. The summed E-state index contributed by atoms with van der Waals surface area (Å²) in [6.45, 7) is 0. The first kappa shape index (κ1) is 14.8. The summed E-state index contributed by atoms with van der Waals surface area (Å²) in [4.78, 5) is 12.9. The van der Waals surface area contributed by atoms with Crippen LogP contribution in [0.2, 0.25) is 0 Å². The van der Waals surface area contributed by atoms with Crippen molar-refractivity contribution < 1.29 is 17.7 Å². The van der Waals surface area contributed by atoms with Crippen LogP contribution in [0, 0.1) is 15.9 Å². The number of halogens is 2. The highest BCUT2D eigenvalue weighted by Gasteiger charge is 2.21. The lowest BCUT2D eigenvalue weighted by Gasteiger charge is -2.05. The van der Waals surface area contributed by atoms with Crippen molar-refractivity contribution in [3.63, 3.8) is 0 Å². The third-order valence-electron chi connectivity index (χ3n) is 2.13. The van der Waals surface area contributed by atoms with Crippen molar-refractivity contribution >= 4 is 48.1 Å². The summed E-state index contributed by atoms with van der Waals surface area (Å²) in [7, 11) is -4.05. The highest BCUT2D eigenvalue weighted by Crippen LogP contribution is 2.26. The summed E-state index contributed by atoms with van der Waals surface area (Å²) in [5, 5.41) is 10.6. The van der Waals surface area contributed by atoms with Crippen LogP contribution in [0.15, 0.2) is 33.1 Å². The zero-order valence-electron chi connectivity index (χ0n) is 9.41. The number of sulfonamides is 1. The van der Waals surface area contributed by atoms with Crippen LogP contribution < -0.4 is 4.72 Å². The highest BCUT2D eigenvalue weighted by molar-refractivity contribution is 9.11. The lowest BCUT2D eigenvalue weighted by Crippen LogP contribution is -2.13. The van der Waals surface area contributed by atoms with E-state index in [1.54, 1.807) is 0 Å². The lowest BCUT2D eigenvalue weighted by atomic mass is 10.3. The third-order valence-corrected chi connectivity index (χ3v) is 4.98. The molecule has 1 aromatic heterocycles. The largest absolute Gasteiger partial charge is 0.304 e. The fourth-order valence-corrected chi connectivity index (χ4v) is 3.64. The van der Waals surface area contributed by atoms with Gasteiger partial charge < -0.3 is 0 Å². The molecule has 2 aromatic rings. The average Bonchev–Trinajstić information content (AvgIpc) is 2.73. The molecule has 0 aliphatic heterocycles. The number of thiazole rings is 1. The molecule has 0 bridgehead atoms. The van der Waals surface area contributed by atoms with Gasteiger partial charge in [-0.05, 0) is 22.0 Å². The van der Waals surface area contributed by atoms with Crippen LogP contribution in [0.4, 0.5) is 15.2 Å². The van der Waals surface area contributed by atoms with Crippen molar-refractivity contribution in [2.45, 2.75) is 4.90 Å². The highest BCUT2D eigenvalue weighted by atomic mass is 79.9. The second kappa shape index (κ2) is 5.42. The van der Waals surface area contributed by atoms with E-state index in [2.05, 4.69) is 25.6 Å². The van der Waals surface area contributed by atoms with Gasteiger partial charge in [-0.3, -0.25) is 14.8 Å². The fraction of sp³-hybridized carbons (Fsp3) is 0. The van der Waals surface area contributed by atoms with Gasteiger partial charge in [-0.15, -0.1) is 0 Å². The maximum atomic E-state index is 13.4. The van der Waals surface area contributed by atoms with E-state index < -0.39 is 31.3 Å². The second-order valence-electron chi connectivity index (χ2n) is 3.45. The van der Waals surface area contributed by atoms with Crippen LogP contribution in [0.3, 0.4) is 0 Å². The molecule has 7 nitrogen and oxygen atoms in total. The maximum absolute atomic E-state index is 13.4. The van der Waals surface area contributed by atoms with E-state index in [0.29, 0.717) is 9.85 Å². The number of nitrogens with one attached hydrogen (secondary N) is 1. The Bertz CT molecular complexity index is 777. The van der Waals surface area contributed by atoms with Crippen molar-refractivity contribution in [2.24, 2.45) is 0 Å². The van der Waals surface area contributed by atoms with Gasteiger partial charge in [0.25, 0.3) is 10.0 Å². The molecule has 0 aliphatic carbocycles. The molecular weight excluding hydrogens is 377 g/mol. The molecule has 1 aromatic carbocycles. The summed E-state index contributed by atoms with van der Waals surface area (Å²) in [5.74, 6) is -1.22. The summed E-state index contributed by atoms with van der Waals surface area (Å²) < 4.78 is 40.1. The zero-order chi connectivity index (χ0) is 14.9. The summed E-state index contributed by atoms with van der Waals surface area (Å²) in [5.41, 5.74) is -0.791. The predicted molar refractivity (Wildman–Crippen MR) is 73.7 cm³/mol. The van der Waals surface area contributed by atoms with Gasteiger partial charge in [0.15, 0.2) is 5.13 Å². The summed E-state index contributed by atoms with van der Waals surface area (Å²) in [6.07, 6.45) is 1.40. The average molecular weight is 382 g/mol. The molecule has 1 heterocycles. The number of rotatable bonds is 4. The van der Waals surface area contributed by atoms with E-state index in [-0.39, 0.29) is 5.13 Å². The molecule has 11 heteroatoms. The van der Waals surface area contributed by atoms with Gasteiger partial charge in [-0.2, -0.15) is 4.39 Å². The summed E-state index contributed by atoms with van der Waals surface area (Å²) >= 11 is 4.15. The van der Waals surface area contributed by atoms with Crippen LogP contribution >= 0.6 is 27.3 Å². The van der Waals surface area contributed by atoms with Gasteiger partial charge in [0, 0.05) is 12.1 Å². The Labute approximate surface area is 124 Å². The first-order chi connectivity index (χ1) is 9.29. The third kappa shape index (κ3) is 3.11. The van der Waals surface area contributed by atoms with Crippen LogP contribution in [0.1, 0.15) is 0 Å². The monoisotopic (exact) mass is 381 g/mol. The molecule has 0 atom stereocenters. The normalized spacial score (nSPS) is 11.3.